The van der Waals surface area contributed by atoms with Crippen molar-refractivity contribution in [3.05, 3.63) is 35.7 Å². The highest BCUT2D eigenvalue weighted by Crippen LogP contribution is 2.42. The first kappa shape index (κ1) is 17.1. The van der Waals surface area contributed by atoms with Gasteiger partial charge in [-0.2, -0.15) is 0 Å². The van der Waals surface area contributed by atoms with Crippen LogP contribution in [0, 0.1) is 11.8 Å². The predicted octanol–water partition coefficient (Wildman–Crippen LogP) is 4.23. The highest BCUT2D eigenvalue weighted by atomic mass is 16.5. The molecule has 0 saturated heterocycles. The topological polar surface area (TPSA) is 100 Å². The molecule has 0 heterocycles. The fourth-order valence-electron chi connectivity index (χ4n) is 3.39. The van der Waals surface area contributed by atoms with Gasteiger partial charge in [0, 0.05) is 17.5 Å². The normalized spacial score (nSPS) is 23.0. The molecule has 0 aromatic heterocycles. The summed E-state index contributed by atoms with van der Waals surface area (Å²) in [7, 11) is 0. The molecule has 0 spiro atoms. The van der Waals surface area contributed by atoms with Gasteiger partial charge in [-0.1, -0.05) is 18.0 Å². The van der Waals surface area contributed by atoms with Crippen molar-refractivity contribution in [2.75, 3.05) is 11.9 Å². The van der Waals surface area contributed by atoms with Gasteiger partial charge in [-0.25, -0.2) is 4.79 Å². The summed E-state index contributed by atoms with van der Waals surface area (Å²) in [6, 6.07) is 6.13. The Morgan fingerprint density at radius 3 is 2.56 bits per heavy atom. The zero-order valence-corrected chi connectivity index (χ0v) is 14.1. The molecule has 3 rings (SSSR count). The number of ether oxygens (including phenoxy) is 1. The number of azo groups is 1. The molecule has 1 aromatic carbocycles. The maximum atomic E-state index is 12.3. The first-order valence-electron chi connectivity index (χ1n) is 8.53. The van der Waals surface area contributed by atoms with Crippen molar-refractivity contribution in [2.24, 2.45) is 22.1 Å². The van der Waals surface area contributed by atoms with E-state index in [2.05, 4.69) is 15.5 Å². The maximum Gasteiger partial charge on any atom is 0.364 e. The minimum Gasteiger partial charge on any atom is -0.510 e. The number of carbonyl (C=O) groups is 2. The van der Waals surface area contributed by atoms with Gasteiger partial charge in [-0.3, -0.25) is 4.79 Å². The lowest BCUT2D eigenvalue weighted by atomic mass is 9.80. The lowest BCUT2D eigenvalue weighted by molar-refractivity contribution is -0.120. The fourth-order valence-corrected chi connectivity index (χ4v) is 3.39. The Morgan fingerprint density at radius 2 is 1.92 bits per heavy atom. The second kappa shape index (κ2) is 7.46. The third kappa shape index (κ3) is 3.70. The van der Waals surface area contributed by atoms with E-state index in [-0.39, 0.29) is 29.1 Å². The molecular formula is C18H21N3O4. The summed E-state index contributed by atoms with van der Waals surface area (Å²) in [5, 5.41) is 20.0. The highest BCUT2D eigenvalue weighted by molar-refractivity contribution is 6.00. The number of aliphatic hydroxyl groups is 1. The van der Waals surface area contributed by atoms with Gasteiger partial charge in [0.05, 0.1) is 6.61 Å². The first-order valence-corrected chi connectivity index (χ1v) is 8.53. The number of carbonyl (C=O) groups excluding carboxylic acids is 2. The van der Waals surface area contributed by atoms with E-state index < -0.39 is 6.03 Å². The van der Waals surface area contributed by atoms with Gasteiger partial charge in [0.2, 0.25) is 0 Å². The number of benzene rings is 1. The van der Waals surface area contributed by atoms with Crippen LogP contribution < -0.4 is 10.1 Å². The summed E-state index contributed by atoms with van der Waals surface area (Å²) in [5.41, 5.74) is 0.468. The second-order valence-electron chi connectivity index (χ2n) is 6.18. The molecule has 2 aliphatic rings. The van der Waals surface area contributed by atoms with Gasteiger partial charge >= 0.3 is 6.03 Å². The summed E-state index contributed by atoms with van der Waals surface area (Å²) in [4.78, 5) is 24.2. The average Bonchev–Trinajstić information content (AvgIpc) is 2.86. The number of urea groups is 1. The number of aliphatic hydroxyl groups excluding tert-OH is 1. The maximum absolute atomic E-state index is 12.3. The van der Waals surface area contributed by atoms with E-state index in [0.717, 1.165) is 25.7 Å². The van der Waals surface area contributed by atoms with Crippen LogP contribution in [0.5, 0.6) is 5.75 Å². The molecular weight excluding hydrogens is 322 g/mol. The van der Waals surface area contributed by atoms with Gasteiger partial charge in [-0.15, -0.1) is 5.11 Å². The van der Waals surface area contributed by atoms with E-state index in [4.69, 9.17) is 4.74 Å². The minimum atomic E-state index is -0.702. The Labute approximate surface area is 145 Å². The number of nitrogens with zero attached hydrogens (tertiary/aromatic N) is 2. The van der Waals surface area contributed by atoms with Gasteiger partial charge in [0.25, 0.3) is 0 Å². The molecule has 2 aliphatic carbocycles. The van der Waals surface area contributed by atoms with E-state index in [1.807, 2.05) is 6.92 Å². The molecule has 7 heteroatoms. The first-order chi connectivity index (χ1) is 12.1. The SMILES string of the molecule is CCOc1ccc(NC(=O)N=NC2=C(O)C3CCCCC3C2=O)cc1. The molecule has 2 atom stereocenters. The van der Waals surface area contributed by atoms with Crippen molar-refractivity contribution in [3.63, 3.8) is 0 Å². The number of hydrogen-bond acceptors (Lipinski definition) is 5. The number of ketones is 1. The van der Waals surface area contributed by atoms with Crippen LogP contribution in [-0.4, -0.2) is 23.5 Å². The van der Waals surface area contributed by atoms with Crippen molar-refractivity contribution in [2.45, 2.75) is 32.6 Å². The van der Waals surface area contributed by atoms with Crippen molar-refractivity contribution in [1.82, 2.24) is 0 Å². The number of rotatable bonds is 4. The Bertz CT molecular complexity index is 724. The monoisotopic (exact) mass is 343 g/mol. The van der Waals surface area contributed by atoms with Gasteiger partial charge in [0.15, 0.2) is 11.5 Å². The number of anilines is 1. The van der Waals surface area contributed by atoms with E-state index in [1.54, 1.807) is 24.3 Å². The van der Waals surface area contributed by atoms with Crippen LogP contribution in [0.15, 0.2) is 46.0 Å². The average molecular weight is 343 g/mol. The number of allylic oxidation sites excluding steroid dienone is 2. The van der Waals surface area contributed by atoms with Crippen molar-refractivity contribution >= 4 is 17.5 Å². The molecule has 1 aromatic rings. The predicted molar refractivity (Wildman–Crippen MR) is 91.6 cm³/mol. The smallest absolute Gasteiger partial charge is 0.364 e. The number of Topliss-reactive ketones (excluding diaryl/α,β-unsaturated/α-hetero) is 1. The molecule has 132 valence electrons. The Balaban J connectivity index is 1.64. The molecule has 2 N–H and O–H groups in total. The molecule has 0 radical (unpaired) electrons. The molecule has 1 fully saturated rings. The van der Waals surface area contributed by atoms with E-state index in [1.165, 1.54) is 0 Å². The highest BCUT2D eigenvalue weighted by Gasteiger charge is 2.43. The number of fused-ring (bicyclic) bond motifs is 1. The third-order valence-corrected chi connectivity index (χ3v) is 4.59. The summed E-state index contributed by atoms with van der Waals surface area (Å²) in [6.07, 6.45) is 3.49. The molecule has 0 bridgehead atoms. The van der Waals surface area contributed by atoms with Crippen LogP contribution in [-0.2, 0) is 4.79 Å². The lowest BCUT2D eigenvalue weighted by Crippen LogP contribution is -2.21. The molecule has 7 nitrogen and oxygen atoms in total. The van der Waals surface area contributed by atoms with Crippen molar-refractivity contribution in [1.29, 1.82) is 0 Å². The number of hydrogen-bond donors (Lipinski definition) is 2. The van der Waals surface area contributed by atoms with E-state index in [0.29, 0.717) is 18.0 Å². The zero-order valence-electron chi connectivity index (χ0n) is 14.1. The molecule has 1 saturated carbocycles. The van der Waals surface area contributed by atoms with Crippen molar-refractivity contribution < 1.29 is 19.4 Å². The van der Waals surface area contributed by atoms with Crippen LogP contribution in [0.25, 0.3) is 0 Å². The number of nitrogens with one attached hydrogen (secondary N) is 1. The van der Waals surface area contributed by atoms with Gasteiger partial charge in [-0.05, 0) is 44.0 Å². The van der Waals surface area contributed by atoms with Crippen LogP contribution in [0.3, 0.4) is 0 Å². The summed E-state index contributed by atoms with van der Waals surface area (Å²) in [6.45, 7) is 2.45. The van der Waals surface area contributed by atoms with Crippen LogP contribution in [0.1, 0.15) is 32.6 Å². The summed E-state index contributed by atoms with van der Waals surface area (Å²) < 4.78 is 5.32. The zero-order chi connectivity index (χ0) is 17.8. The third-order valence-electron chi connectivity index (χ3n) is 4.59. The minimum absolute atomic E-state index is 0.0210. The molecule has 0 aliphatic heterocycles. The van der Waals surface area contributed by atoms with Crippen LogP contribution >= 0.6 is 0 Å². The standard InChI is InChI=1S/C18H21N3O4/c1-2-25-12-9-7-11(8-10-12)19-18(24)21-20-15-16(22)13-5-3-4-6-14(13)17(15)23/h7-10,13-14,22H,2-6H2,1H3,(H,19,24). The van der Waals surface area contributed by atoms with Gasteiger partial charge < -0.3 is 15.2 Å². The summed E-state index contributed by atoms with van der Waals surface area (Å²) >= 11 is 0. The Kier molecular flexibility index (Phi) is 5.11. The van der Waals surface area contributed by atoms with E-state index in [9.17, 15) is 14.7 Å². The Morgan fingerprint density at radius 1 is 1.24 bits per heavy atom. The number of amides is 2. The molecule has 2 unspecified atom stereocenters. The molecule has 25 heavy (non-hydrogen) atoms. The second-order valence-corrected chi connectivity index (χ2v) is 6.18. The Hall–Kier alpha value is -2.70. The van der Waals surface area contributed by atoms with Crippen LogP contribution in [0.2, 0.25) is 0 Å². The van der Waals surface area contributed by atoms with Crippen molar-refractivity contribution in [3.8, 4) is 5.75 Å². The lowest BCUT2D eigenvalue weighted by Gasteiger charge is -2.23. The fraction of sp³-hybridized carbons (Fsp3) is 0.444. The van der Waals surface area contributed by atoms with E-state index >= 15 is 0 Å². The largest absolute Gasteiger partial charge is 0.510 e. The quantitative estimate of drug-likeness (QED) is 0.799. The summed E-state index contributed by atoms with van der Waals surface area (Å²) in [5.74, 6) is 0.102. The van der Waals surface area contributed by atoms with Gasteiger partial charge in [0.1, 0.15) is 11.5 Å². The molecule has 2 amide bonds. The van der Waals surface area contributed by atoms with Crippen LogP contribution in [0.4, 0.5) is 10.5 Å².